The van der Waals surface area contributed by atoms with Crippen molar-refractivity contribution >= 4 is 34.8 Å². The third-order valence-electron chi connectivity index (χ3n) is 3.10. The van der Waals surface area contributed by atoms with Crippen molar-refractivity contribution in [1.29, 1.82) is 0 Å². The number of hydrogen-bond acceptors (Lipinski definition) is 2. The predicted octanol–water partition coefficient (Wildman–Crippen LogP) is 1.01. The van der Waals surface area contributed by atoms with Gasteiger partial charge in [0.25, 0.3) is 0 Å². The van der Waals surface area contributed by atoms with Gasteiger partial charge in [0.1, 0.15) is 0 Å². The third-order valence-corrected chi connectivity index (χ3v) is 4.51. The van der Waals surface area contributed by atoms with Gasteiger partial charge >= 0.3 is 0 Å². The Labute approximate surface area is 125 Å². The number of quaternary nitrogens is 1. The number of para-hydroxylation sites is 1. The van der Waals surface area contributed by atoms with E-state index in [-0.39, 0.29) is 0 Å². The monoisotopic (exact) mass is 296 g/mol. The predicted molar refractivity (Wildman–Crippen MR) is 87.4 cm³/mol. The highest BCUT2D eigenvalue weighted by atomic mass is 32.2. The van der Waals surface area contributed by atoms with Gasteiger partial charge in [0.15, 0.2) is 5.11 Å². The van der Waals surface area contributed by atoms with Crippen LogP contribution >= 0.6 is 24.0 Å². The summed E-state index contributed by atoms with van der Waals surface area (Å²) in [6, 6.07) is 8.49. The van der Waals surface area contributed by atoms with Crippen LogP contribution in [0, 0.1) is 0 Å². The van der Waals surface area contributed by atoms with Gasteiger partial charge in [0.2, 0.25) is 0 Å². The molecule has 1 aliphatic heterocycles. The molecule has 0 radical (unpaired) electrons. The molecule has 3 nitrogen and oxygen atoms in total. The Kier molecular flexibility index (Phi) is 5.48. The van der Waals surface area contributed by atoms with Crippen molar-refractivity contribution in [2.45, 2.75) is 11.3 Å². The number of nitrogens with zero attached hydrogens (tertiary/aromatic N) is 1. The smallest absolute Gasteiger partial charge is 0.173 e. The van der Waals surface area contributed by atoms with E-state index in [2.05, 4.69) is 48.6 Å². The lowest BCUT2D eigenvalue weighted by Gasteiger charge is -2.31. The summed E-state index contributed by atoms with van der Waals surface area (Å²) >= 11 is 7.44. The molecule has 0 atom stereocenters. The maximum Gasteiger partial charge on any atom is 0.173 e. The molecule has 5 heteroatoms. The fourth-order valence-corrected chi connectivity index (χ4v) is 3.40. The van der Waals surface area contributed by atoms with Crippen molar-refractivity contribution in [2.24, 2.45) is 0 Å². The number of thiocarbonyl (C=S) groups is 1. The van der Waals surface area contributed by atoms with Gasteiger partial charge in [-0.25, -0.2) is 0 Å². The molecule has 0 saturated carbocycles. The highest BCUT2D eigenvalue weighted by Gasteiger charge is 2.19. The van der Waals surface area contributed by atoms with Gasteiger partial charge in [-0.1, -0.05) is 12.1 Å². The summed E-state index contributed by atoms with van der Waals surface area (Å²) in [6.45, 7) is 3.12. The Morgan fingerprint density at radius 2 is 2.21 bits per heavy atom. The minimum Gasteiger partial charge on any atom is -0.362 e. The van der Waals surface area contributed by atoms with Crippen LogP contribution < -0.4 is 15.1 Å². The Morgan fingerprint density at radius 1 is 1.42 bits per heavy atom. The number of fused-ring (bicyclic) bond motifs is 1. The van der Waals surface area contributed by atoms with Crippen LogP contribution in [0.25, 0.3) is 0 Å². The Balaban J connectivity index is 1.90. The summed E-state index contributed by atoms with van der Waals surface area (Å²) in [7, 11) is 4.35. The Bertz CT molecular complexity index is 434. The molecular weight excluding hydrogens is 274 g/mol. The average Bonchev–Trinajstić information content (AvgIpc) is 2.42. The number of thioether (sulfide) groups is 1. The van der Waals surface area contributed by atoms with Crippen LogP contribution in [0.4, 0.5) is 5.69 Å². The summed E-state index contributed by atoms with van der Waals surface area (Å²) in [5.41, 5.74) is 1.24. The maximum absolute atomic E-state index is 5.53. The van der Waals surface area contributed by atoms with Crippen molar-refractivity contribution < 1.29 is 4.90 Å². The molecule has 1 aromatic carbocycles. The zero-order valence-corrected chi connectivity index (χ0v) is 13.2. The van der Waals surface area contributed by atoms with Crippen molar-refractivity contribution in [3.63, 3.8) is 0 Å². The van der Waals surface area contributed by atoms with Gasteiger partial charge in [-0.15, -0.1) is 11.8 Å². The van der Waals surface area contributed by atoms with Crippen LogP contribution in [-0.4, -0.2) is 44.6 Å². The topological polar surface area (TPSA) is 19.7 Å². The van der Waals surface area contributed by atoms with E-state index in [0.29, 0.717) is 0 Å². The first kappa shape index (κ1) is 14.6. The quantitative estimate of drug-likeness (QED) is 0.638. The molecule has 0 amide bonds. The number of anilines is 1. The number of benzene rings is 1. The molecule has 1 aliphatic rings. The lowest BCUT2D eigenvalue weighted by atomic mass is 10.3. The second-order valence-electron chi connectivity index (χ2n) is 5.01. The summed E-state index contributed by atoms with van der Waals surface area (Å²) in [5.74, 6) is 1.10. The van der Waals surface area contributed by atoms with Gasteiger partial charge in [0.05, 0.1) is 26.3 Å². The SMILES string of the molecule is C[NH+](C)CCCNC(=S)N1CCSc2ccccc21. The van der Waals surface area contributed by atoms with E-state index in [1.165, 1.54) is 22.0 Å². The van der Waals surface area contributed by atoms with Gasteiger partial charge in [0, 0.05) is 30.2 Å². The molecule has 1 heterocycles. The molecule has 0 bridgehead atoms. The molecule has 0 fully saturated rings. The first-order valence-corrected chi connectivity index (χ1v) is 8.14. The van der Waals surface area contributed by atoms with Crippen molar-refractivity contribution in [2.75, 3.05) is 44.4 Å². The molecule has 1 aromatic rings. The molecule has 0 aromatic heterocycles. The zero-order chi connectivity index (χ0) is 13.7. The first-order chi connectivity index (χ1) is 9.18. The van der Waals surface area contributed by atoms with Crippen LogP contribution in [-0.2, 0) is 0 Å². The largest absolute Gasteiger partial charge is 0.362 e. The number of rotatable bonds is 4. The van der Waals surface area contributed by atoms with E-state index in [0.717, 1.165) is 30.4 Å². The summed E-state index contributed by atoms with van der Waals surface area (Å²) in [5, 5.41) is 4.25. The van der Waals surface area contributed by atoms with Crippen LogP contribution in [0.3, 0.4) is 0 Å². The second-order valence-corrected chi connectivity index (χ2v) is 6.53. The van der Waals surface area contributed by atoms with E-state index in [1.807, 2.05) is 11.8 Å². The summed E-state index contributed by atoms with van der Waals surface area (Å²) in [6.07, 6.45) is 1.15. The van der Waals surface area contributed by atoms with Gasteiger partial charge in [-0.3, -0.25) is 0 Å². The molecule has 19 heavy (non-hydrogen) atoms. The van der Waals surface area contributed by atoms with Crippen LogP contribution in [0.2, 0.25) is 0 Å². The normalized spacial score (nSPS) is 14.4. The lowest BCUT2D eigenvalue weighted by Crippen LogP contribution is -3.05. The number of nitrogens with one attached hydrogen (secondary N) is 2. The molecule has 0 aliphatic carbocycles. The fraction of sp³-hybridized carbons (Fsp3) is 0.500. The molecule has 0 unspecified atom stereocenters. The van der Waals surface area contributed by atoms with Gasteiger partial charge < -0.3 is 15.1 Å². The van der Waals surface area contributed by atoms with Crippen LogP contribution in [0.5, 0.6) is 0 Å². The summed E-state index contributed by atoms with van der Waals surface area (Å²) in [4.78, 5) is 5.03. The second kappa shape index (κ2) is 7.12. The van der Waals surface area contributed by atoms with Crippen LogP contribution in [0.1, 0.15) is 6.42 Å². The van der Waals surface area contributed by atoms with Crippen LogP contribution in [0.15, 0.2) is 29.2 Å². The average molecular weight is 296 g/mol. The van der Waals surface area contributed by atoms with E-state index < -0.39 is 0 Å². The first-order valence-electron chi connectivity index (χ1n) is 6.74. The molecule has 104 valence electrons. The lowest BCUT2D eigenvalue weighted by molar-refractivity contribution is -0.858. The minimum absolute atomic E-state index is 0.863. The zero-order valence-electron chi connectivity index (χ0n) is 11.6. The van der Waals surface area contributed by atoms with Gasteiger partial charge in [-0.2, -0.15) is 0 Å². The third kappa shape index (κ3) is 4.09. The van der Waals surface area contributed by atoms with E-state index in [1.54, 1.807) is 0 Å². The minimum atomic E-state index is 0.863. The highest BCUT2D eigenvalue weighted by molar-refractivity contribution is 7.99. The van der Waals surface area contributed by atoms with E-state index in [4.69, 9.17) is 12.2 Å². The van der Waals surface area contributed by atoms with Gasteiger partial charge in [-0.05, 0) is 24.4 Å². The summed E-state index contributed by atoms with van der Waals surface area (Å²) < 4.78 is 0. The maximum atomic E-state index is 5.53. The van der Waals surface area contributed by atoms with Crippen molar-refractivity contribution in [1.82, 2.24) is 5.32 Å². The Morgan fingerprint density at radius 3 is 3.00 bits per heavy atom. The standard InChI is InChI=1S/C14H21N3S2/c1-16(2)9-5-8-15-14(18)17-10-11-19-13-7-4-3-6-12(13)17/h3-4,6-7H,5,8-11H2,1-2H3,(H,15,18)/p+1. The highest BCUT2D eigenvalue weighted by Crippen LogP contribution is 2.34. The molecule has 2 N–H and O–H groups in total. The molecular formula is C14H22N3S2+. The molecule has 2 rings (SSSR count). The van der Waals surface area contributed by atoms with Crippen molar-refractivity contribution in [3.8, 4) is 0 Å². The number of hydrogen-bond donors (Lipinski definition) is 2. The van der Waals surface area contributed by atoms with E-state index >= 15 is 0 Å². The fourth-order valence-electron chi connectivity index (χ4n) is 2.11. The molecule has 0 saturated heterocycles. The van der Waals surface area contributed by atoms with E-state index in [9.17, 15) is 0 Å². The molecule has 0 spiro atoms. The Hall–Kier alpha value is -0.780. The van der Waals surface area contributed by atoms with Crippen molar-refractivity contribution in [3.05, 3.63) is 24.3 Å².